The molecule has 0 aromatic heterocycles. The minimum Gasteiger partial charge on any atom is -0.492 e. The van der Waals surface area contributed by atoms with Crippen LogP contribution in [0, 0.1) is 0 Å². The van der Waals surface area contributed by atoms with Crippen molar-refractivity contribution in [3.8, 4) is 11.5 Å². The molecule has 0 fully saturated rings. The van der Waals surface area contributed by atoms with Crippen LogP contribution in [-0.4, -0.2) is 18.6 Å². The Hall–Kier alpha value is -2.49. The molecule has 1 N–H and O–H groups in total. The summed E-state index contributed by atoms with van der Waals surface area (Å²) < 4.78 is 11.4. The monoisotopic (exact) mass is 325 g/mol. The van der Waals surface area contributed by atoms with E-state index in [0.717, 1.165) is 18.6 Å². The van der Waals surface area contributed by atoms with Crippen LogP contribution < -0.4 is 14.8 Å². The minimum absolute atomic E-state index is 0.192. The third-order valence-electron chi connectivity index (χ3n) is 4.20. The van der Waals surface area contributed by atoms with Crippen LogP contribution in [-0.2, 0) is 17.6 Å². The lowest BCUT2D eigenvalue weighted by atomic mass is 10.1. The Kier molecular flexibility index (Phi) is 5.04. The second-order valence-electron chi connectivity index (χ2n) is 5.96. The second kappa shape index (κ2) is 7.39. The molecule has 2 aromatic carbocycles. The van der Waals surface area contributed by atoms with Crippen molar-refractivity contribution >= 4 is 11.6 Å². The molecule has 0 aliphatic heterocycles. The molecule has 1 unspecified atom stereocenters. The largest absolute Gasteiger partial charge is 0.492 e. The van der Waals surface area contributed by atoms with E-state index in [9.17, 15) is 4.79 Å². The summed E-state index contributed by atoms with van der Waals surface area (Å²) in [7, 11) is 0. The van der Waals surface area contributed by atoms with Gasteiger partial charge in [0.2, 0.25) is 0 Å². The molecular weight excluding hydrogens is 302 g/mol. The normalized spacial score (nSPS) is 13.9. The first-order chi connectivity index (χ1) is 11.7. The topological polar surface area (TPSA) is 47.6 Å². The molecule has 126 valence electrons. The Morgan fingerprint density at radius 3 is 2.79 bits per heavy atom. The van der Waals surface area contributed by atoms with Crippen LogP contribution in [0.2, 0.25) is 0 Å². The summed E-state index contributed by atoms with van der Waals surface area (Å²) in [5.74, 6) is 1.22. The molecule has 1 aliphatic carbocycles. The molecule has 1 aliphatic rings. The zero-order valence-electron chi connectivity index (χ0n) is 14.2. The van der Waals surface area contributed by atoms with Gasteiger partial charge in [0.1, 0.15) is 11.5 Å². The fraction of sp³-hybridized carbons (Fsp3) is 0.350. The molecule has 4 heteroatoms. The highest BCUT2D eigenvalue weighted by molar-refractivity contribution is 5.95. The SMILES string of the molecule is CCOc1ccccc1NC(=O)C(C)Oc1ccc2c(c1)CCC2. The van der Waals surface area contributed by atoms with E-state index in [-0.39, 0.29) is 5.91 Å². The predicted octanol–water partition coefficient (Wildman–Crippen LogP) is 3.98. The smallest absolute Gasteiger partial charge is 0.265 e. The summed E-state index contributed by atoms with van der Waals surface area (Å²) in [6, 6.07) is 13.5. The zero-order valence-corrected chi connectivity index (χ0v) is 14.2. The van der Waals surface area contributed by atoms with E-state index in [2.05, 4.69) is 17.4 Å². The molecule has 0 spiro atoms. The fourth-order valence-electron chi connectivity index (χ4n) is 2.96. The number of amides is 1. The zero-order chi connectivity index (χ0) is 16.9. The van der Waals surface area contributed by atoms with Crippen molar-refractivity contribution in [2.45, 2.75) is 39.2 Å². The Bertz CT molecular complexity index is 727. The second-order valence-corrected chi connectivity index (χ2v) is 5.96. The molecule has 0 heterocycles. The standard InChI is InChI=1S/C20H23NO3/c1-3-23-19-10-5-4-9-18(19)21-20(22)14(2)24-17-12-11-15-7-6-8-16(15)13-17/h4-5,9-14H,3,6-8H2,1-2H3,(H,21,22). The molecule has 4 nitrogen and oxygen atoms in total. The Morgan fingerprint density at radius 2 is 1.96 bits per heavy atom. The van der Waals surface area contributed by atoms with E-state index < -0.39 is 6.10 Å². The Balaban J connectivity index is 1.65. The van der Waals surface area contributed by atoms with Gasteiger partial charge < -0.3 is 14.8 Å². The van der Waals surface area contributed by atoms with Gasteiger partial charge in [0.05, 0.1) is 12.3 Å². The van der Waals surface area contributed by atoms with Crippen LogP contribution in [0.1, 0.15) is 31.4 Å². The number of rotatable bonds is 6. The van der Waals surface area contributed by atoms with Crippen LogP contribution in [0.4, 0.5) is 5.69 Å². The third kappa shape index (κ3) is 3.70. The van der Waals surface area contributed by atoms with E-state index in [1.54, 1.807) is 6.92 Å². The van der Waals surface area contributed by atoms with Crippen molar-refractivity contribution in [2.24, 2.45) is 0 Å². The maximum absolute atomic E-state index is 12.4. The van der Waals surface area contributed by atoms with Gasteiger partial charge in [0, 0.05) is 0 Å². The number of benzene rings is 2. The quantitative estimate of drug-likeness (QED) is 0.874. The molecule has 1 amide bonds. The first-order valence-corrected chi connectivity index (χ1v) is 8.48. The van der Waals surface area contributed by atoms with Crippen molar-refractivity contribution in [1.29, 1.82) is 0 Å². The highest BCUT2D eigenvalue weighted by Gasteiger charge is 2.18. The summed E-state index contributed by atoms with van der Waals surface area (Å²) in [6.07, 6.45) is 2.84. The molecule has 1 atom stereocenters. The van der Waals surface area contributed by atoms with Gasteiger partial charge in [-0.05, 0) is 68.5 Å². The van der Waals surface area contributed by atoms with Crippen LogP contribution in [0.3, 0.4) is 0 Å². The van der Waals surface area contributed by atoms with Gasteiger partial charge in [0.25, 0.3) is 5.91 Å². The number of nitrogens with one attached hydrogen (secondary N) is 1. The van der Waals surface area contributed by atoms with Crippen molar-refractivity contribution in [1.82, 2.24) is 0 Å². The summed E-state index contributed by atoms with van der Waals surface area (Å²) in [5, 5.41) is 2.88. The number of aryl methyl sites for hydroxylation is 2. The highest BCUT2D eigenvalue weighted by Crippen LogP contribution is 2.27. The predicted molar refractivity (Wildman–Crippen MR) is 94.8 cm³/mol. The van der Waals surface area contributed by atoms with Gasteiger partial charge >= 0.3 is 0 Å². The molecule has 2 aromatic rings. The highest BCUT2D eigenvalue weighted by atomic mass is 16.5. The lowest BCUT2D eigenvalue weighted by molar-refractivity contribution is -0.122. The van der Waals surface area contributed by atoms with Crippen LogP contribution in [0.15, 0.2) is 42.5 Å². The fourth-order valence-corrected chi connectivity index (χ4v) is 2.96. The average molecular weight is 325 g/mol. The Labute approximate surface area is 142 Å². The van der Waals surface area contributed by atoms with Gasteiger partial charge in [-0.2, -0.15) is 0 Å². The molecule has 0 saturated heterocycles. The van der Waals surface area contributed by atoms with Gasteiger partial charge in [-0.1, -0.05) is 18.2 Å². The average Bonchev–Trinajstić information content (AvgIpc) is 3.04. The maximum atomic E-state index is 12.4. The van der Waals surface area contributed by atoms with Crippen LogP contribution in [0.25, 0.3) is 0 Å². The van der Waals surface area contributed by atoms with Gasteiger partial charge in [-0.3, -0.25) is 4.79 Å². The van der Waals surface area contributed by atoms with Gasteiger partial charge in [0.15, 0.2) is 6.10 Å². The summed E-state index contributed by atoms with van der Waals surface area (Å²) >= 11 is 0. The van der Waals surface area contributed by atoms with E-state index in [0.29, 0.717) is 18.0 Å². The van der Waals surface area contributed by atoms with E-state index >= 15 is 0 Å². The minimum atomic E-state index is -0.584. The number of carbonyl (C=O) groups is 1. The van der Waals surface area contributed by atoms with Crippen LogP contribution in [0.5, 0.6) is 11.5 Å². The van der Waals surface area contributed by atoms with Crippen molar-refractivity contribution in [3.63, 3.8) is 0 Å². The third-order valence-corrected chi connectivity index (χ3v) is 4.20. The molecular formula is C20H23NO3. The van der Waals surface area contributed by atoms with Crippen molar-refractivity contribution < 1.29 is 14.3 Å². The van der Waals surface area contributed by atoms with Crippen LogP contribution >= 0.6 is 0 Å². The summed E-state index contributed by atoms with van der Waals surface area (Å²) in [6.45, 7) is 4.22. The number of ether oxygens (including phenoxy) is 2. The summed E-state index contributed by atoms with van der Waals surface area (Å²) in [4.78, 5) is 12.4. The summed E-state index contributed by atoms with van der Waals surface area (Å²) in [5.41, 5.74) is 3.39. The van der Waals surface area contributed by atoms with Gasteiger partial charge in [-0.25, -0.2) is 0 Å². The number of hydrogen-bond donors (Lipinski definition) is 1. The van der Waals surface area contributed by atoms with Crippen molar-refractivity contribution in [2.75, 3.05) is 11.9 Å². The van der Waals surface area contributed by atoms with E-state index in [4.69, 9.17) is 9.47 Å². The van der Waals surface area contributed by atoms with E-state index in [1.165, 1.54) is 17.5 Å². The first-order valence-electron chi connectivity index (χ1n) is 8.48. The maximum Gasteiger partial charge on any atom is 0.265 e. The molecule has 0 radical (unpaired) electrons. The first kappa shape index (κ1) is 16.4. The molecule has 0 bridgehead atoms. The number of hydrogen-bond acceptors (Lipinski definition) is 3. The van der Waals surface area contributed by atoms with E-state index in [1.807, 2.05) is 37.3 Å². The molecule has 0 saturated carbocycles. The number of anilines is 1. The molecule has 24 heavy (non-hydrogen) atoms. The number of para-hydroxylation sites is 2. The Morgan fingerprint density at radius 1 is 1.17 bits per heavy atom. The lowest BCUT2D eigenvalue weighted by Gasteiger charge is -2.17. The number of fused-ring (bicyclic) bond motifs is 1. The molecule has 3 rings (SSSR count). The van der Waals surface area contributed by atoms with Crippen molar-refractivity contribution in [3.05, 3.63) is 53.6 Å². The van der Waals surface area contributed by atoms with Gasteiger partial charge in [-0.15, -0.1) is 0 Å². The number of carbonyl (C=O) groups excluding carboxylic acids is 1. The lowest BCUT2D eigenvalue weighted by Crippen LogP contribution is -2.30.